The molecular formula is C16H22F2O2. The van der Waals surface area contributed by atoms with Crippen LogP contribution in [0.4, 0.5) is 8.78 Å². The summed E-state index contributed by atoms with van der Waals surface area (Å²) in [5.74, 6) is -0.0692. The number of hydrogen-bond donors (Lipinski definition) is 1. The molecule has 0 saturated carbocycles. The summed E-state index contributed by atoms with van der Waals surface area (Å²) in [6, 6.07) is 0. The largest absolute Gasteiger partial charge is 0.499 e. The molecule has 0 aliphatic heterocycles. The monoisotopic (exact) mass is 284 g/mol. The van der Waals surface area contributed by atoms with Crippen molar-refractivity contribution in [1.29, 1.82) is 0 Å². The van der Waals surface area contributed by atoms with Gasteiger partial charge in [0.25, 0.3) is 5.92 Å². The Morgan fingerprint density at radius 3 is 2.80 bits per heavy atom. The normalized spacial score (nSPS) is 13.6. The van der Waals surface area contributed by atoms with Gasteiger partial charge in [-0.15, -0.1) is 12.3 Å². The highest BCUT2D eigenvalue weighted by molar-refractivity contribution is 5.10. The smallest absolute Gasteiger partial charge is 0.266 e. The van der Waals surface area contributed by atoms with Gasteiger partial charge in [-0.05, 0) is 19.4 Å². The molecule has 20 heavy (non-hydrogen) atoms. The van der Waals surface area contributed by atoms with Gasteiger partial charge in [0.15, 0.2) is 0 Å². The van der Waals surface area contributed by atoms with Gasteiger partial charge in [-0.1, -0.05) is 24.8 Å². The van der Waals surface area contributed by atoms with E-state index < -0.39 is 12.0 Å². The van der Waals surface area contributed by atoms with Crippen LogP contribution in [0.3, 0.4) is 0 Å². The van der Waals surface area contributed by atoms with Crippen LogP contribution in [0.1, 0.15) is 32.6 Å². The zero-order valence-electron chi connectivity index (χ0n) is 11.8. The van der Waals surface area contributed by atoms with E-state index in [0.29, 0.717) is 25.2 Å². The quantitative estimate of drug-likeness (QED) is 0.375. The maximum absolute atomic E-state index is 13.4. The Labute approximate surface area is 119 Å². The minimum atomic E-state index is -2.88. The van der Waals surface area contributed by atoms with Crippen LogP contribution in [0.5, 0.6) is 0 Å². The Morgan fingerprint density at radius 2 is 2.20 bits per heavy atom. The Kier molecular flexibility index (Phi) is 9.40. The predicted molar refractivity (Wildman–Crippen MR) is 77.3 cm³/mol. The fourth-order valence-corrected chi connectivity index (χ4v) is 1.46. The summed E-state index contributed by atoms with van der Waals surface area (Å²) < 4.78 is 32.0. The minimum Gasteiger partial charge on any atom is -0.499 e. The SMILES string of the molecule is C#CC[C@@H](O)/C=C/C=C/C(F)(F)CCCC(=C)OCC. The fraction of sp³-hybridized carbons (Fsp3) is 0.500. The van der Waals surface area contributed by atoms with Crippen molar-refractivity contribution in [2.75, 3.05) is 6.61 Å². The lowest BCUT2D eigenvalue weighted by molar-refractivity contribution is 0.0423. The highest BCUT2D eigenvalue weighted by atomic mass is 19.3. The minimum absolute atomic E-state index is 0.167. The van der Waals surface area contributed by atoms with Crippen LogP contribution in [0.2, 0.25) is 0 Å². The van der Waals surface area contributed by atoms with Crippen molar-refractivity contribution in [3.05, 3.63) is 36.6 Å². The third-order valence-electron chi connectivity index (χ3n) is 2.43. The zero-order chi connectivity index (χ0) is 15.4. The molecule has 0 aliphatic rings. The van der Waals surface area contributed by atoms with Crippen LogP contribution >= 0.6 is 0 Å². The van der Waals surface area contributed by atoms with Crippen molar-refractivity contribution >= 4 is 0 Å². The molecule has 0 spiro atoms. The van der Waals surface area contributed by atoms with E-state index in [1.54, 1.807) is 0 Å². The molecule has 0 aliphatic carbocycles. The summed E-state index contributed by atoms with van der Waals surface area (Å²) in [6.07, 6.45) is 9.62. The van der Waals surface area contributed by atoms with E-state index in [4.69, 9.17) is 11.2 Å². The van der Waals surface area contributed by atoms with Crippen molar-refractivity contribution in [3.8, 4) is 12.3 Å². The zero-order valence-corrected chi connectivity index (χ0v) is 11.8. The third-order valence-corrected chi connectivity index (χ3v) is 2.43. The average molecular weight is 284 g/mol. The lowest BCUT2D eigenvalue weighted by Crippen LogP contribution is -2.11. The molecule has 0 amide bonds. The van der Waals surface area contributed by atoms with Gasteiger partial charge < -0.3 is 9.84 Å². The third kappa shape index (κ3) is 10.3. The average Bonchev–Trinajstić information content (AvgIpc) is 2.35. The number of aliphatic hydroxyl groups is 1. The van der Waals surface area contributed by atoms with Gasteiger partial charge in [-0.25, -0.2) is 8.78 Å². The van der Waals surface area contributed by atoms with Crippen LogP contribution in [-0.4, -0.2) is 23.7 Å². The van der Waals surface area contributed by atoms with Crippen molar-refractivity contribution in [3.63, 3.8) is 0 Å². The first kappa shape index (κ1) is 18.4. The second kappa shape index (κ2) is 10.2. The summed E-state index contributed by atoms with van der Waals surface area (Å²) in [5.41, 5.74) is 0. The van der Waals surface area contributed by atoms with E-state index in [1.165, 1.54) is 18.2 Å². The molecule has 0 saturated heterocycles. The first-order chi connectivity index (χ1) is 9.41. The summed E-state index contributed by atoms with van der Waals surface area (Å²) in [6.45, 7) is 5.96. The highest BCUT2D eigenvalue weighted by Gasteiger charge is 2.23. The van der Waals surface area contributed by atoms with Gasteiger partial charge >= 0.3 is 0 Å². The Morgan fingerprint density at radius 1 is 1.50 bits per heavy atom. The molecule has 4 heteroatoms. The Bertz CT molecular complexity index is 378. The van der Waals surface area contributed by atoms with Crippen molar-refractivity contribution in [2.24, 2.45) is 0 Å². The number of alkyl halides is 2. The molecule has 2 nitrogen and oxygen atoms in total. The molecule has 1 atom stereocenters. The van der Waals surface area contributed by atoms with Gasteiger partial charge in [0.05, 0.1) is 18.5 Å². The lowest BCUT2D eigenvalue weighted by atomic mass is 10.1. The van der Waals surface area contributed by atoms with Crippen LogP contribution in [0, 0.1) is 12.3 Å². The van der Waals surface area contributed by atoms with Gasteiger partial charge in [-0.2, -0.15) is 0 Å². The van der Waals surface area contributed by atoms with E-state index in [1.807, 2.05) is 6.92 Å². The van der Waals surface area contributed by atoms with E-state index in [2.05, 4.69) is 12.5 Å². The molecule has 112 valence electrons. The van der Waals surface area contributed by atoms with Gasteiger partial charge in [0.1, 0.15) is 0 Å². The van der Waals surface area contributed by atoms with Gasteiger partial charge in [-0.3, -0.25) is 0 Å². The molecule has 0 bridgehead atoms. The van der Waals surface area contributed by atoms with E-state index >= 15 is 0 Å². The molecule has 0 fully saturated rings. The first-order valence-electron chi connectivity index (χ1n) is 6.57. The number of aliphatic hydroxyl groups excluding tert-OH is 1. The molecule has 1 N–H and O–H groups in total. The van der Waals surface area contributed by atoms with Gasteiger partial charge in [0.2, 0.25) is 0 Å². The fourth-order valence-electron chi connectivity index (χ4n) is 1.46. The Balaban J connectivity index is 4.05. The molecule has 0 heterocycles. The topological polar surface area (TPSA) is 29.5 Å². The number of rotatable bonds is 10. The van der Waals surface area contributed by atoms with Gasteiger partial charge in [0, 0.05) is 19.3 Å². The molecule has 0 radical (unpaired) electrons. The second-order valence-electron chi connectivity index (χ2n) is 4.31. The highest BCUT2D eigenvalue weighted by Crippen LogP contribution is 2.24. The molecule has 0 unspecified atom stereocenters. The maximum atomic E-state index is 13.4. The first-order valence-corrected chi connectivity index (χ1v) is 6.57. The van der Waals surface area contributed by atoms with E-state index in [0.717, 1.165) is 6.08 Å². The molecule has 0 aromatic rings. The lowest BCUT2D eigenvalue weighted by Gasteiger charge is -2.12. The van der Waals surface area contributed by atoms with E-state index in [-0.39, 0.29) is 12.8 Å². The summed E-state index contributed by atoms with van der Waals surface area (Å²) >= 11 is 0. The predicted octanol–water partition coefficient (Wildman–Crippen LogP) is 3.84. The molecule has 0 aromatic carbocycles. The number of hydrogen-bond acceptors (Lipinski definition) is 2. The van der Waals surface area contributed by atoms with Crippen LogP contribution in [0.15, 0.2) is 36.6 Å². The van der Waals surface area contributed by atoms with E-state index in [9.17, 15) is 13.9 Å². The summed E-state index contributed by atoms with van der Waals surface area (Å²) in [4.78, 5) is 0. The van der Waals surface area contributed by atoms with Crippen LogP contribution < -0.4 is 0 Å². The maximum Gasteiger partial charge on any atom is 0.266 e. The standard InChI is InChI=1S/C16H22F2O2/c1-4-9-15(19)11-6-7-12-16(17,18)13-8-10-14(3)20-5-2/h1,6-7,11-12,15,19H,3,5,8-10,13H2,2H3/b11-6+,12-7+/t15-/m1/s1. The second-order valence-corrected chi connectivity index (χ2v) is 4.31. The van der Waals surface area contributed by atoms with Crippen LogP contribution in [-0.2, 0) is 4.74 Å². The number of halogens is 2. The van der Waals surface area contributed by atoms with Crippen molar-refractivity contribution < 1.29 is 18.6 Å². The van der Waals surface area contributed by atoms with Crippen molar-refractivity contribution in [2.45, 2.75) is 44.6 Å². The summed E-state index contributed by atoms with van der Waals surface area (Å²) in [7, 11) is 0. The van der Waals surface area contributed by atoms with Crippen molar-refractivity contribution in [1.82, 2.24) is 0 Å². The Hall–Kier alpha value is -1.60. The number of ether oxygens (including phenoxy) is 1. The molecule has 0 aromatic heterocycles. The van der Waals surface area contributed by atoms with Crippen LogP contribution in [0.25, 0.3) is 0 Å². The summed E-state index contributed by atoms with van der Waals surface area (Å²) in [5, 5.41) is 9.26. The molecular weight excluding hydrogens is 262 g/mol. The molecule has 0 rings (SSSR count). The number of allylic oxidation sites excluding steroid dienone is 4. The number of terminal acetylenes is 1.